The first-order valence-corrected chi connectivity index (χ1v) is 9.47. The van der Waals surface area contributed by atoms with Crippen molar-refractivity contribution in [2.75, 3.05) is 13.1 Å². The number of hydrogen-bond donors (Lipinski definition) is 0. The predicted molar refractivity (Wildman–Crippen MR) is 102 cm³/mol. The number of benzene rings is 1. The molecule has 0 amide bonds. The Balaban J connectivity index is 1.58. The number of piperidine rings is 1. The van der Waals surface area contributed by atoms with E-state index in [0.29, 0.717) is 19.0 Å². The number of rotatable bonds is 4. The smallest absolute Gasteiger partial charge is 0.266 e. The minimum Gasteiger partial charge on any atom is -0.299 e. The summed E-state index contributed by atoms with van der Waals surface area (Å²) in [6.07, 6.45) is 1.91. The molecule has 0 N–H and O–H groups in total. The highest BCUT2D eigenvalue weighted by molar-refractivity contribution is 5.17. The van der Waals surface area contributed by atoms with E-state index in [0.717, 1.165) is 37.2 Å². The lowest BCUT2D eigenvalue weighted by Crippen LogP contribution is -2.37. The van der Waals surface area contributed by atoms with E-state index >= 15 is 0 Å². The minimum atomic E-state index is -0.812. The first-order valence-electron chi connectivity index (χ1n) is 9.47. The van der Waals surface area contributed by atoms with E-state index < -0.39 is 11.6 Å². The van der Waals surface area contributed by atoms with Crippen LogP contribution in [0, 0.1) is 17.6 Å². The summed E-state index contributed by atoms with van der Waals surface area (Å²) in [5, 5.41) is 4.56. The lowest BCUT2D eigenvalue weighted by atomic mass is 9.92. The molecule has 6 heteroatoms. The van der Waals surface area contributed by atoms with Gasteiger partial charge in [0.1, 0.15) is 0 Å². The summed E-state index contributed by atoms with van der Waals surface area (Å²) in [7, 11) is 0. The van der Waals surface area contributed by atoms with Crippen molar-refractivity contribution in [3.05, 3.63) is 63.6 Å². The maximum absolute atomic E-state index is 13.4. The van der Waals surface area contributed by atoms with Crippen molar-refractivity contribution >= 4 is 0 Å². The zero-order valence-corrected chi connectivity index (χ0v) is 16.2. The Hall–Kier alpha value is -2.08. The van der Waals surface area contributed by atoms with Crippen LogP contribution in [0.25, 0.3) is 0 Å². The van der Waals surface area contributed by atoms with E-state index in [4.69, 9.17) is 0 Å². The standard InChI is InChI=1S/C21H27F2N3O/c1-21(2,3)19-6-7-20(27)26(24-19)14-15-8-10-25(11-9-15)13-16-4-5-17(22)18(23)12-16/h4-7,12,15H,8-11,13-14H2,1-3H3. The highest BCUT2D eigenvalue weighted by Crippen LogP contribution is 2.22. The lowest BCUT2D eigenvalue weighted by Gasteiger charge is -2.32. The molecule has 0 aliphatic carbocycles. The molecule has 0 atom stereocenters. The Morgan fingerprint density at radius 3 is 2.41 bits per heavy atom. The average molecular weight is 375 g/mol. The molecule has 3 rings (SSSR count). The van der Waals surface area contributed by atoms with Crippen molar-refractivity contribution in [1.82, 2.24) is 14.7 Å². The fourth-order valence-electron chi connectivity index (χ4n) is 3.45. The first kappa shape index (κ1) is 19.7. The van der Waals surface area contributed by atoms with Crippen LogP contribution in [0.1, 0.15) is 44.9 Å². The second-order valence-electron chi connectivity index (χ2n) is 8.46. The molecule has 1 aliphatic rings. The van der Waals surface area contributed by atoms with Gasteiger partial charge in [-0.25, -0.2) is 13.5 Å². The molecule has 146 valence electrons. The molecule has 0 unspecified atom stereocenters. The van der Waals surface area contributed by atoms with Crippen LogP contribution < -0.4 is 5.56 Å². The number of hydrogen-bond acceptors (Lipinski definition) is 3. The van der Waals surface area contributed by atoms with Crippen molar-refractivity contribution in [1.29, 1.82) is 0 Å². The highest BCUT2D eigenvalue weighted by Gasteiger charge is 2.22. The zero-order chi connectivity index (χ0) is 19.6. The molecule has 4 nitrogen and oxygen atoms in total. The summed E-state index contributed by atoms with van der Waals surface area (Å²) in [4.78, 5) is 14.4. The van der Waals surface area contributed by atoms with Gasteiger partial charge < -0.3 is 0 Å². The molecule has 1 fully saturated rings. The maximum Gasteiger partial charge on any atom is 0.266 e. The third-order valence-corrected chi connectivity index (χ3v) is 5.16. The van der Waals surface area contributed by atoms with Gasteiger partial charge in [0.05, 0.1) is 5.69 Å². The zero-order valence-electron chi connectivity index (χ0n) is 16.2. The molecule has 1 aromatic heterocycles. The SMILES string of the molecule is CC(C)(C)c1ccc(=O)n(CC2CCN(Cc3ccc(F)c(F)c3)CC2)n1. The van der Waals surface area contributed by atoms with Gasteiger partial charge >= 0.3 is 0 Å². The van der Waals surface area contributed by atoms with Crippen LogP contribution in [0.5, 0.6) is 0 Å². The molecule has 0 saturated carbocycles. The summed E-state index contributed by atoms with van der Waals surface area (Å²) in [5.41, 5.74) is 1.54. The quantitative estimate of drug-likeness (QED) is 0.817. The van der Waals surface area contributed by atoms with Crippen LogP contribution in [0.4, 0.5) is 8.78 Å². The molecule has 1 saturated heterocycles. The summed E-state index contributed by atoms with van der Waals surface area (Å²) in [5.74, 6) is -1.22. The van der Waals surface area contributed by atoms with E-state index in [-0.39, 0.29) is 11.0 Å². The monoisotopic (exact) mass is 375 g/mol. The van der Waals surface area contributed by atoms with E-state index in [2.05, 4.69) is 30.8 Å². The van der Waals surface area contributed by atoms with Crippen LogP contribution in [-0.4, -0.2) is 27.8 Å². The average Bonchev–Trinajstić information content (AvgIpc) is 2.61. The Morgan fingerprint density at radius 2 is 1.78 bits per heavy atom. The lowest BCUT2D eigenvalue weighted by molar-refractivity contribution is 0.163. The molecule has 1 aromatic carbocycles. The molecule has 27 heavy (non-hydrogen) atoms. The van der Waals surface area contributed by atoms with Crippen LogP contribution in [0.2, 0.25) is 0 Å². The molecular weight excluding hydrogens is 348 g/mol. The van der Waals surface area contributed by atoms with Crippen LogP contribution in [0.15, 0.2) is 35.1 Å². The fourth-order valence-corrected chi connectivity index (χ4v) is 3.45. The molecule has 0 radical (unpaired) electrons. The summed E-state index contributed by atoms with van der Waals surface area (Å²) in [6.45, 7) is 9.24. The van der Waals surface area contributed by atoms with Crippen molar-refractivity contribution in [2.24, 2.45) is 5.92 Å². The van der Waals surface area contributed by atoms with Gasteiger partial charge in [0.25, 0.3) is 5.56 Å². The molecule has 0 bridgehead atoms. The summed E-state index contributed by atoms with van der Waals surface area (Å²) >= 11 is 0. The van der Waals surface area contributed by atoms with Crippen LogP contribution in [0.3, 0.4) is 0 Å². The van der Waals surface area contributed by atoms with Gasteiger partial charge in [0.15, 0.2) is 11.6 Å². The van der Waals surface area contributed by atoms with Gasteiger partial charge in [-0.1, -0.05) is 26.8 Å². The normalized spacial score (nSPS) is 16.6. The number of likely N-dealkylation sites (tertiary alicyclic amines) is 1. The van der Waals surface area contributed by atoms with E-state index in [1.165, 1.54) is 12.1 Å². The summed E-state index contributed by atoms with van der Waals surface area (Å²) in [6, 6.07) is 7.49. The Labute approximate surface area is 158 Å². The van der Waals surface area contributed by atoms with Crippen LogP contribution >= 0.6 is 0 Å². The van der Waals surface area contributed by atoms with Crippen molar-refractivity contribution in [3.8, 4) is 0 Å². The Kier molecular flexibility index (Phi) is 5.75. The van der Waals surface area contributed by atoms with E-state index in [1.807, 2.05) is 6.07 Å². The first-order chi connectivity index (χ1) is 12.7. The van der Waals surface area contributed by atoms with Gasteiger partial charge in [-0.05, 0) is 55.6 Å². The number of halogens is 2. The predicted octanol–water partition coefficient (Wildman–Crippen LogP) is 3.73. The highest BCUT2D eigenvalue weighted by atomic mass is 19.2. The Morgan fingerprint density at radius 1 is 1.07 bits per heavy atom. The number of aromatic nitrogens is 2. The third-order valence-electron chi connectivity index (χ3n) is 5.16. The molecule has 2 heterocycles. The molecule has 1 aliphatic heterocycles. The Bertz CT molecular complexity index is 849. The maximum atomic E-state index is 13.4. The largest absolute Gasteiger partial charge is 0.299 e. The fraction of sp³-hybridized carbons (Fsp3) is 0.524. The van der Waals surface area contributed by atoms with Gasteiger partial charge in [-0.15, -0.1) is 0 Å². The second kappa shape index (κ2) is 7.89. The molecule has 2 aromatic rings. The third kappa shape index (κ3) is 5.01. The number of nitrogens with zero attached hydrogens (tertiary/aromatic N) is 3. The van der Waals surface area contributed by atoms with Gasteiger partial charge in [0, 0.05) is 24.6 Å². The van der Waals surface area contributed by atoms with Crippen molar-refractivity contribution in [3.63, 3.8) is 0 Å². The topological polar surface area (TPSA) is 38.1 Å². The van der Waals surface area contributed by atoms with Crippen molar-refractivity contribution in [2.45, 2.75) is 52.1 Å². The van der Waals surface area contributed by atoms with Gasteiger partial charge in [-0.3, -0.25) is 9.69 Å². The summed E-state index contributed by atoms with van der Waals surface area (Å²) < 4.78 is 28.0. The van der Waals surface area contributed by atoms with Gasteiger partial charge in [-0.2, -0.15) is 5.10 Å². The minimum absolute atomic E-state index is 0.0628. The van der Waals surface area contributed by atoms with E-state index in [1.54, 1.807) is 16.8 Å². The van der Waals surface area contributed by atoms with Gasteiger partial charge in [0.2, 0.25) is 0 Å². The van der Waals surface area contributed by atoms with E-state index in [9.17, 15) is 13.6 Å². The van der Waals surface area contributed by atoms with Crippen molar-refractivity contribution < 1.29 is 8.78 Å². The molecular formula is C21H27F2N3O. The molecule has 0 spiro atoms. The van der Waals surface area contributed by atoms with Crippen LogP contribution in [-0.2, 0) is 18.5 Å². The second-order valence-corrected chi connectivity index (χ2v) is 8.46.